The fraction of sp³-hybridized carbons (Fsp3) is 0.842. The minimum atomic E-state index is 0. The highest BCUT2D eigenvalue weighted by atomic mass is 127. The van der Waals surface area contributed by atoms with E-state index >= 15 is 0 Å². The molecule has 1 aliphatic heterocycles. The summed E-state index contributed by atoms with van der Waals surface area (Å²) in [6, 6.07) is 0.566. The molecule has 0 aromatic heterocycles. The molecule has 5 nitrogen and oxygen atoms in total. The topological polar surface area (TPSA) is 48.9 Å². The van der Waals surface area contributed by atoms with Crippen molar-refractivity contribution < 1.29 is 4.74 Å². The van der Waals surface area contributed by atoms with Crippen LogP contribution in [0.5, 0.6) is 0 Å². The van der Waals surface area contributed by atoms with E-state index in [4.69, 9.17) is 9.73 Å². The van der Waals surface area contributed by atoms with E-state index in [1.807, 2.05) is 0 Å². The van der Waals surface area contributed by atoms with Gasteiger partial charge in [-0.05, 0) is 58.4 Å². The third-order valence-electron chi connectivity index (χ3n) is 5.01. The number of nitrogens with one attached hydrogen (secondary N) is 2. The molecule has 0 aromatic rings. The normalized spacial score (nSPS) is 21.6. The van der Waals surface area contributed by atoms with Crippen LogP contribution < -0.4 is 10.6 Å². The van der Waals surface area contributed by atoms with E-state index < -0.39 is 0 Å². The third kappa shape index (κ3) is 8.73. The molecular formula is C19H37IN4O. The molecule has 0 radical (unpaired) electrons. The predicted molar refractivity (Wildman–Crippen MR) is 117 cm³/mol. The number of methoxy groups -OCH3 is 1. The van der Waals surface area contributed by atoms with Gasteiger partial charge in [0, 0.05) is 32.8 Å². The lowest BCUT2D eigenvalue weighted by Crippen LogP contribution is -2.40. The minimum Gasteiger partial charge on any atom is -0.383 e. The molecule has 1 saturated heterocycles. The predicted octanol–water partition coefficient (Wildman–Crippen LogP) is 3.16. The summed E-state index contributed by atoms with van der Waals surface area (Å²) in [6.45, 7) is 7.91. The van der Waals surface area contributed by atoms with Crippen molar-refractivity contribution in [1.82, 2.24) is 15.5 Å². The van der Waals surface area contributed by atoms with Crippen molar-refractivity contribution in [2.45, 2.75) is 57.9 Å². The quantitative estimate of drug-likeness (QED) is 0.238. The number of rotatable bonds is 9. The van der Waals surface area contributed by atoms with Crippen LogP contribution in [0.25, 0.3) is 0 Å². The summed E-state index contributed by atoms with van der Waals surface area (Å²) in [5, 5.41) is 6.88. The number of allylic oxidation sites excluding steroid dienone is 1. The molecule has 0 aromatic carbocycles. The van der Waals surface area contributed by atoms with Gasteiger partial charge in [-0.2, -0.15) is 0 Å². The Hall–Kier alpha value is -0.340. The molecule has 6 heteroatoms. The molecule has 2 rings (SSSR count). The molecule has 2 N–H and O–H groups in total. The second-order valence-electron chi connectivity index (χ2n) is 6.83. The molecule has 0 bridgehead atoms. The van der Waals surface area contributed by atoms with Gasteiger partial charge in [-0.15, -0.1) is 24.0 Å². The zero-order valence-electron chi connectivity index (χ0n) is 16.1. The van der Waals surface area contributed by atoms with Gasteiger partial charge < -0.3 is 15.4 Å². The standard InChI is InChI=1S/C19H36N4O.HI/c1-3-20-19(21-12-11-17-8-5-4-6-9-17)22-16-18-10-7-13-23(18)14-15-24-2;/h8,18H,3-7,9-16H2,1-2H3,(H2,20,21,22);1H. The average Bonchev–Trinajstić information content (AvgIpc) is 3.06. The summed E-state index contributed by atoms with van der Waals surface area (Å²) < 4.78 is 5.22. The molecule has 0 spiro atoms. The van der Waals surface area contributed by atoms with Gasteiger partial charge in [0.05, 0.1) is 13.2 Å². The largest absolute Gasteiger partial charge is 0.383 e. The van der Waals surface area contributed by atoms with Crippen molar-refractivity contribution >= 4 is 29.9 Å². The first-order valence-corrected chi connectivity index (χ1v) is 9.76. The first-order valence-electron chi connectivity index (χ1n) is 9.76. The van der Waals surface area contributed by atoms with Gasteiger partial charge in [-0.3, -0.25) is 9.89 Å². The molecule has 25 heavy (non-hydrogen) atoms. The number of guanidine groups is 1. The fourth-order valence-corrected chi connectivity index (χ4v) is 3.62. The van der Waals surface area contributed by atoms with Crippen LogP contribution in [0.1, 0.15) is 51.9 Å². The lowest BCUT2D eigenvalue weighted by atomic mass is 9.97. The number of hydrogen-bond acceptors (Lipinski definition) is 3. The van der Waals surface area contributed by atoms with Gasteiger partial charge in [-0.1, -0.05) is 11.6 Å². The molecule has 146 valence electrons. The van der Waals surface area contributed by atoms with Crippen LogP contribution in [-0.2, 0) is 4.74 Å². The maximum atomic E-state index is 5.22. The zero-order valence-corrected chi connectivity index (χ0v) is 18.4. The molecule has 1 heterocycles. The Balaban J connectivity index is 0.00000312. The summed E-state index contributed by atoms with van der Waals surface area (Å²) in [4.78, 5) is 7.35. The Morgan fingerprint density at radius 1 is 1.32 bits per heavy atom. The van der Waals surface area contributed by atoms with Crippen LogP contribution in [0.4, 0.5) is 0 Å². The highest BCUT2D eigenvalue weighted by Gasteiger charge is 2.23. The lowest BCUT2D eigenvalue weighted by molar-refractivity contribution is 0.142. The van der Waals surface area contributed by atoms with Gasteiger partial charge in [-0.25, -0.2) is 0 Å². The van der Waals surface area contributed by atoms with E-state index in [1.165, 1.54) is 45.1 Å². The molecule has 0 amide bonds. The van der Waals surface area contributed by atoms with Crippen molar-refractivity contribution in [2.75, 3.05) is 46.4 Å². The summed E-state index contributed by atoms with van der Waals surface area (Å²) in [6.07, 6.45) is 11.4. The lowest BCUT2D eigenvalue weighted by Gasteiger charge is -2.23. The Morgan fingerprint density at radius 2 is 2.20 bits per heavy atom. The van der Waals surface area contributed by atoms with Crippen LogP contribution in [0.3, 0.4) is 0 Å². The molecule has 1 fully saturated rings. The summed E-state index contributed by atoms with van der Waals surface area (Å²) >= 11 is 0. The van der Waals surface area contributed by atoms with E-state index in [0.29, 0.717) is 6.04 Å². The van der Waals surface area contributed by atoms with E-state index in [9.17, 15) is 0 Å². The van der Waals surface area contributed by atoms with Gasteiger partial charge in [0.25, 0.3) is 0 Å². The summed E-state index contributed by atoms with van der Waals surface area (Å²) in [5.74, 6) is 0.965. The van der Waals surface area contributed by atoms with Crippen molar-refractivity contribution in [3.63, 3.8) is 0 Å². The monoisotopic (exact) mass is 464 g/mol. The van der Waals surface area contributed by atoms with Crippen LogP contribution in [-0.4, -0.2) is 63.3 Å². The van der Waals surface area contributed by atoms with E-state index in [0.717, 1.165) is 45.2 Å². The minimum absolute atomic E-state index is 0. The number of ether oxygens (including phenoxy) is 1. The van der Waals surface area contributed by atoms with Gasteiger partial charge in [0.1, 0.15) is 0 Å². The molecule has 1 unspecified atom stereocenters. The molecule has 1 atom stereocenters. The zero-order chi connectivity index (χ0) is 17.0. The Labute approximate surface area is 171 Å². The Bertz CT molecular complexity index is 414. The molecule has 1 aliphatic carbocycles. The first-order chi connectivity index (χ1) is 11.8. The van der Waals surface area contributed by atoms with Crippen LogP contribution >= 0.6 is 24.0 Å². The Morgan fingerprint density at radius 3 is 2.92 bits per heavy atom. The Kier molecular flexibility index (Phi) is 12.5. The second-order valence-corrected chi connectivity index (χ2v) is 6.83. The van der Waals surface area contributed by atoms with E-state index in [-0.39, 0.29) is 24.0 Å². The summed E-state index contributed by atoms with van der Waals surface area (Å²) in [7, 11) is 1.78. The maximum Gasteiger partial charge on any atom is 0.191 e. The number of likely N-dealkylation sites (tertiary alicyclic amines) is 1. The number of hydrogen-bond donors (Lipinski definition) is 2. The SMILES string of the molecule is CCNC(=NCC1CCCN1CCOC)NCCC1=CCCCC1.I. The fourth-order valence-electron chi connectivity index (χ4n) is 3.62. The second kappa shape index (κ2) is 13.8. The van der Waals surface area contributed by atoms with Gasteiger partial charge in [0.15, 0.2) is 5.96 Å². The molecule has 2 aliphatic rings. The maximum absolute atomic E-state index is 5.22. The average molecular weight is 464 g/mol. The van der Waals surface area contributed by atoms with Crippen LogP contribution in [0.15, 0.2) is 16.6 Å². The molecule has 0 saturated carbocycles. The van der Waals surface area contributed by atoms with Crippen molar-refractivity contribution in [2.24, 2.45) is 4.99 Å². The van der Waals surface area contributed by atoms with Crippen LogP contribution in [0.2, 0.25) is 0 Å². The number of halogens is 1. The van der Waals surface area contributed by atoms with Crippen molar-refractivity contribution in [1.29, 1.82) is 0 Å². The van der Waals surface area contributed by atoms with Crippen LogP contribution in [0, 0.1) is 0 Å². The highest BCUT2D eigenvalue weighted by molar-refractivity contribution is 14.0. The number of nitrogens with zero attached hydrogens (tertiary/aromatic N) is 2. The van der Waals surface area contributed by atoms with E-state index in [2.05, 4.69) is 28.5 Å². The smallest absolute Gasteiger partial charge is 0.191 e. The third-order valence-corrected chi connectivity index (χ3v) is 5.01. The van der Waals surface area contributed by atoms with Gasteiger partial charge >= 0.3 is 0 Å². The summed E-state index contributed by atoms with van der Waals surface area (Å²) in [5.41, 5.74) is 1.62. The first kappa shape index (κ1) is 22.7. The van der Waals surface area contributed by atoms with Crippen molar-refractivity contribution in [3.05, 3.63) is 11.6 Å². The highest BCUT2D eigenvalue weighted by Crippen LogP contribution is 2.19. The van der Waals surface area contributed by atoms with Gasteiger partial charge in [0.2, 0.25) is 0 Å². The van der Waals surface area contributed by atoms with Crippen molar-refractivity contribution in [3.8, 4) is 0 Å². The molecular weight excluding hydrogens is 427 g/mol. The van der Waals surface area contributed by atoms with E-state index in [1.54, 1.807) is 12.7 Å². The number of aliphatic imine (C=N–C) groups is 1.